The number of nitrogens with zero attached hydrogens (tertiary/aromatic N) is 7. The van der Waals surface area contributed by atoms with E-state index >= 15 is 0 Å². The van der Waals surface area contributed by atoms with E-state index in [4.69, 9.17) is 4.98 Å². The van der Waals surface area contributed by atoms with Crippen molar-refractivity contribution in [1.82, 2.24) is 35.1 Å². The molecule has 10 nitrogen and oxygen atoms in total. The summed E-state index contributed by atoms with van der Waals surface area (Å²) < 4.78 is 1.84. The van der Waals surface area contributed by atoms with Crippen LogP contribution in [0.25, 0.3) is 33.4 Å². The average Bonchev–Trinajstić information content (AvgIpc) is 3.78. The number of nitrogens with one attached hydrogen (secondary N) is 1. The molecule has 0 unspecified atom stereocenters. The minimum Gasteiger partial charge on any atom is -0.368 e. The molecular formula is C34H36N8O2. The van der Waals surface area contributed by atoms with Gasteiger partial charge in [0.25, 0.3) is 5.56 Å². The Hall–Kier alpha value is -4.86. The number of fused-ring (bicyclic) bond motifs is 1. The maximum atomic E-state index is 14.1. The molecule has 1 N–H and O–H groups in total. The number of anilines is 1. The van der Waals surface area contributed by atoms with Gasteiger partial charge < -0.3 is 9.80 Å². The number of amides is 1. The number of carbonyl (C=O) groups is 1. The molecule has 1 saturated carbocycles. The van der Waals surface area contributed by atoms with Gasteiger partial charge in [0.15, 0.2) is 0 Å². The SMILES string of the molecule is CCCCc1nc2ccc(N3CCN(C(=O)C4CC4)CC3)cc2c(=O)n1Cc1ccc(-c2ccccc2-c2nn[nH]n2)cc1. The molecule has 1 amide bonds. The van der Waals surface area contributed by atoms with Gasteiger partial charge in [-0.15, -0.1) is 10.2 Å². The molecule has 2 aromatic heterocycles. The van der Waals surface area contributed by atoms with Crippen molar-refractivity contribution in [1.29, 1.82) is 0 Å². The van der Waals surface area contributed by atoms with Crippen LogP contribution in [-0.2, 0) is 17.8 Å². The first kappa shape index (κ1) is 27.9. The Morgan fingerprint density at radius 2 is 1.73 bits per heavy atom. The minimum atomic E-state index is -0.0166. The molecular weight excluding hydrogens is 552 g/mol. The summed E-state index contributed by atoms with van der Waals surface area (Å²) in [6.45, 7) is 5.58. The zero-order chi connectivity index (χ0) is 30.0. The van der Waals surface area contributed by atoms with Crippen LogP contribution in [0.3, 0.4) is 0 Å². The lowest BCUT2D eigenvalue weighted by Crippen LogP contribution is -2.49. The van der Waals surface area contributed by atoms with E-state index in [1.807, 2.05) is 45.9 Å². The highest BCUT2D eigenvalue weighted by atomic mass is 16.2. The van der Waals surface area contributed by atoms with Crippen molar-refractivity contribution in [2.45, 2.75) is 45.6 Å². The molecule has 2 fully saturated rings. The summed E-state index contributed by atoms with van der Waals surface area (Å²) in [4.78, 5) is 35.9. The maximum absolute atomic E-state index is 14.1. The number of rotatable bonds is 9. The molecule has 1 aliphatic heterocycles. The molecule has 0 radical (unpaired) electrons. The summed E-state index contributed by atoms with van der Waals surface area (Å²) in [6, 6.07) is 22.3. The van der Waals surface area contributed by atoms with Crippen LogP contribution < -0.4 is 10.5 Å². The van der Waals surface area contributed by atoms with E-state index in [9.17, 15) is 9.59 Å². The van der Waals surface area contributed by atoms with Gasteiger partial charge in [0.2, 0.25) is 11.7 Å². The summed E-state index contributed by atoms with van der Waals surface area (Å²) in [7, 11) is 0. The van der Waals surface area contributed by atoms with Crippen LogP contribution in [0.15, 0.2) is 71.5 Å². The van der Waals surface area contributed by atoms with Gasteiger partial charge in [-0.25, -0.2) is 4.98 Å². The van der Waals surface area contributed by atoms with Gasteiger partial charge in [-0.1, -0.05) is 61.9 Å². The van der Waals surface area contributed by atoms with Crippen LogP contribution in [0.1, 0.15) is 44.0 Å². The third-order valence-electron chi connectivity index (χ3n) is 8.77. The smallest absolute Gasteiger partial charge is 0.261 e. The van der Waals surface area contributed by atoms with Crippen molar-refractivity contribution in [3.63, 3.8) is 0 Å². The van der Waals surface area contributed by atoms with Crippen LogP contribution in [0.2, 0.25) is 0 Å². The Balaban J connectivity index is 1.16. The van der Waals surface area contributed by atoms with Crippen molar-refractivity contribution in [2.24, 2.45) is 5.92 Å². The highest BCUT2D eigenvalue weighted by molar-refractivity contribution is 5.83. The van der Waals surface area contributed by atoms with E-state index in [0.29, 0.717) is 23.7 Å². The molecule has 10 heteroatoms. The Morgan fingerprint density at radius 1 is 0.955 bits per heavy atom. The van der Waals surface area contributed by atoms with Crippen molar-refractivity contribution in [3.8, 4) is 22.5 Å². The summed E-state index contributed by atoms with van der Waals surface area (Å²) in [6.07, 6.45) is 4.80. The van der Waals surface area contributed by atoms with E-state index < -0.39 is 0 Å². The predicted octanol–water partition coefficient (Wildman–Crippen LogP) is 4.69. The Labute approximate surface area is 255 Å². The fraction of sp³-hybridized carbons (Fsp3) is 0.353. The topological polar surface area (TPSA) is 113 Å². The second-order valence-corrected chi connectivity index (χ2v) is 11.8. The largest absolute Gasteiger partial charge is 0.368 e. The van der Waals surface area contributed by atoms with Crippen LogP contribution in [0.4, 0.5) is 5.69 Å². The zero-order valence-electron chi connectivity index (χ0n) is 24.9. The third kappa shape index (κ3) is 5.59. The van der Waals surface area contributed by atoms with E-state index in [1.165, 1.54) is 0 Å². The number of hydrogen-bond donors (Lipinski definition) is 1. The first-order valence-electron chi connectivity index (χ1n) is 15.6. The van der Waals surface area contributed by atoms with E-state index in [-0.39, 0.29) is 11.5 Å². The number of hydrogen-bond acceptors (Lipinski definition) is 7. The molecule has 3 aromatic carbocycles. The lowest BCUT2D eigenvalue weighted by molar-refractivity contribution is -0.132. The highest BCUT2D eigenvalue weighted by Crippen LogP contribution is 2.32. The Morgan fingerprint density at radius 3 is 2.43 bits per heavy atom. The molecule has 7 rings (SSSR count). The number of tetrazole rings is 1. The highest BCUT2D eigenvalue weighted by Gasteiger charge is 2.34. The summed E-state index contributed by atoms with van der Waals surface area (Å²) in [5.74, 6) is 1.92. The molecule has 2 aliphatic rings. The Kier molecular flexibility index (Phi) is 7.64. The number of unbranched alkanes of at least 4 members (excludes halogenated alkanes) is 1. The molecule has 3 heterocycles. The Bertz CT molecular complexity index is 1840. The molecule has 0 bridgehead atoms. The van der Waals surface area contributed by atoms with Crippen LogP contribution in [0.5, 0.6) is 0 Å². The van der Waals surface area contributed by atoms with Gasteiger partial charge in [0.1, 0.15) is 5.82 Å². The molecule has 1 aliphatic carbocycles. The van der Waals surface area contributed by atoms with E-state index in [2.05, 4.69) is 62.8 Å². The van der Waals surface area contributed by atoms with Crippen molar-refractivity contribution < 1.29 is 4.79 Å². The van der Waals surface area contributed by atoms with E-state index in [0.717, 1.165) is 97.6 Å². The molecule has 5 aromatic rings. The zero-order valence-corrected chi connectivity index (χ0v) is 24.9. The standard InChI is InChI=1S/C34H36N8O2/c1-2-3-8-31-35-30-16-15-26(40-17-19-41(20-18-40)33(43)25-13-14-25)21-29(30)34(44)42(31)22-23-9-11-24(12-10-23)27-6-4-5-7-28(27)32-36-38-39-37-32/h4-7,9-12,15-16,21,25H,2-3,8,13-14,17-20,22H2,1H3,(H,36,37,38,39). The van der Waals surface area contributed by atoms with Gasteiger partial charge in [0.05, 0.1) is 17.4 Å². The van der Waals surface area contributed by atoms with Gasteiger partial charge in [-0.3, -0.25) is 14.2 Å². The fourth-order valence-corrected chi connectivity index (χ4v) is 6.09. The van der Waals surface area contributed by atoms with E-state index in [1.54, 1.807) is 0 Å². The number of aromatic nitrogens is 6. The van der Waals surface area contributed by atoms with Crippen LogP contribution in [-0.4, -0.2) is 67.2 Å². The number of benzene rings is 3. The number of aryl methyl sites for hydroxylation is 1. The minimum absolute atomic E-state index is 0.0166. The van der Waals surface area contributed by atoms with Crippen LogP contribution >= 0.6 is 0 Å². The molecule has 0 atom stereocenters. The first-order valence-corrected chi connectivity index (χ1v) is 15.6. The number of aromatic amines is 1. The third-order valence-corrected chi connectivity index (χ3v) is 8.77. The second kappa shape index (κ2) is 12.0. The fourth-order valence-electron chi connectivity index (χ4n) is 6.09. The summed E-state index contributed by atoms with van der Waals surface area (Å²) in [5.41, 5.74) is 5.70. The van der Waals surface area contributed by atoms with Gasteiger partial charge in [0, 0.05) is 49.8 Å². The van der Waals surface area contributed by atoms with Crippen molar-refractivity contribution in [2.75, 3.05) is 31.1 Å². The van der Waals surface area contributed by atoms with Crippen molar-refractivity contribution >= 4 is 22.5 Å². The lowest BCUT2D eigenvalue weighted by Gasteiger charge is -2.36. The maximum Gasteiger partial charge on any atom is 0.261 e. The molecule has 44 heavy (non-hydrogen) atoms. The number of carbonyl (C=O) groups excluding carboxylic acids is 1. The first-order chi connectivity index (χ1) is 21.6. The van der Waals surface area contributed by atoms with Crippen LogP contribution in [0, 0.1) is 5.92 Å². The summed E-state index contributed by atoms with van der Waals surface area (Å²) >= 11 is 0. The predicted molar refractivity (Wildman–Crippen MR) is 170 cm³/mol. The van der Waals surface area contributed by atoms with Gasteiger partial charge in [-0.2, -0.15) is 5.21 Å². The lowest BCUT2D eigenvalue weighted by atomic mass is 9.98. The summed E-state index contributed by atoms with van der Waals surface area (Å²) in [5, 5.41) is 15.2. The molecule has 0 spiro atoms. The average molecular weight is 589 g/mol. The number of H-pyrrole nitrogens is 1. The van der Waals surface area contributed by atoms with Crippen molar-refractivity contribution in [3.05, 3.63) is 88.5 Å². The quantitative estimate of drug-likeness (QED) is 0.266. The van der Waals surface area contributed by atoms with Gasteiger partial charge >= 0.3 is 0 Å². The molecule has 224 valence electrons. The second-order valence-electron chi connectivity index (χ2n) is 11.8. The number of piperazine rings is 1. The van der Waals surface area contributed by atoms with Gasteiger partial charge in [-0.05, 0) is 59.4 Å². The normalized spacial score (nSPS) is 15.2. The molecule has 1 saturated heterocycles. The monoisotopic (exact) mass is 588 g/mol.